The van der Waals surface area contributed by atoms with Gasteiger partial charge in [-0.2, -0.15) is 5.26 Å². The Morgan fingerprint density at radius 2 is 1.51 bits per heavy atom. The summed E-state index contributed by atoms with van der Waals surface area (Å²) in [5, 5.41) is 8.80. The van der Waals surface area contributed by atoms with Crippen molar-refractivity contribution < 1.29 is 18.3 Å². The van der Waals surface area contributed by atoms with Gasteiger partial charge in [0, 0.05) is 6.07 Å². The summed E-state index contributed by atoms with van der Waals surface area (Å²) in [7, 11) is 0. The van der Waals surface area contributed by atoms with Gasteiger partial charge in [-0.25, -0.2) is 13.6 Å². The third-order valence-corrected chi connectivity index (χ3v) is 7.80. The highest BCUT2D eigenvalue weighted by molar-refractivity contribution is 5.91. The number of aryl methyl sites for hydroxylation is 1. The SMILES string of the molecule is CCCCCCCCCC[C@H]1CC[C@H](CCc2ccc(C(=O)Oc3ccc(C#N)c(F)c3)c(F)c2)CC1. The van der Waals surface area contributed by atoms with Gasteiger partial charge in [-0.3, -0.25) is 0 Å². The topological polar surface area (TPSA) is 50.1 Å². The zero-order valence-electron chi connectivity index (χ0n) is 22.2. The minimum atomic E-state index is -0.886. The van der Waals surface area contributed by atoms with E-state index in [0.29, 0.717) is 5.92 Å². The normalized spacial score (nSPS) is 17.4. The molecule has 5 heteroatoms. The lowest BCUT2D eigenvalue weighted by atomic mass is 9.77. The fourth-order valence-corrected chi connectivity index (χ4v) is 5.44. The van der Waals surface area contributed by atoms with Crippen LogP contribution in [0.4, 0.5) is 8.78 Å². The summed E-state index contributed by atoms with van der Waals surface area (Å²) >= 11 is 0. The van der Waals surface area contributed by atoms with E-state index in [1.165, 1.54) is 108 Å². The van der Waals surface area contributed by atoms with Crippen molar-refractivity contribution in [3.63, 3.8) is 0 Å². The molecule has 0 N–H and O–H groups in total. The average molecular weight is 510 g/mol. The number of nitrogens with zero attached hydrogens (tertiary/aromatic N) is 1. The van der Waals surface area contributed by atoms with E-state index in [1.54, 1.807) is 12.1 Å². The van der Waals surface area contributed by atoms with E-state index in [0.717, 1.165) is 30.4 Å². The molecule has 0 aliphatic heterocycles. The number of carbonyl (C=O) groups is 1. The first-order chi connectivity index (χ1) is 18.0. The van der Waals surface area contributed by atoms with Crippen LogP contribution in [0.1, 0.15) is 118 Å². The summed E-state index contributed by atoms with van der Waals surface area (Å²) in [5.74, 6) is -0.806. The molecular weight excluding hydrogens is 468 g/mol. The molecule has 0 bridgehead atoms. The predicted octanol–water partition coefficient (Wildman–Crippen LogP) is 9.33. The summed E-state index contributed by atoms with van der Waals surface area (Å²) in [6.45, 7) is 2.26. The molecule has 3 nitrogen and oxygen atoms in total. The van der Waals surface area contributed by atoms with Crippen molar-refractivity contribution in [1.29, 1.82) is 5.26 Å². The number of unbranched alkanes of at least 4 members (excludes halogenated alkanes) is 7. The van der Waals surface area contributed by atoms with Crippen LogP contribution in [0.2, 0.25) is 0 Å². The number of hydrogen-bond donors (Lipinski definition) is 0. The predicted molar refractivity (Wildman–Crippen MR) is 143 cm³/mol. The van der Waals surface area contributed by atoms with Crippen molar-refractivity contribution in [3.8, 4) is 11.8 Å². The summed E-state index contributed by atoms with van der Waals surface area (Å²) in [5.41, 5.74) is 0.543. The van der Waals surface area contributed by atoms with Crippen molar-refractivity contribution in [2.45, 2.75) is 103 Å². The Morgan fingerprint density at radius 3 is 2.14 bits per heavy atom. The maximum absolute atomic E-state index is 14.7. The number of benzene rings is 2. The molecule has 0 unspecified atom stereocenters. The maximum Gasteiger partial charge on any atom is 0.346 e. The fraction of sp³-hybridized carbons (Fsp3) is 0.562. The lowest BCUT2D eigenvalue weighted by Gasteiger charge is -2.28. The Morgan fingerprint density at radius 1 is 0.865 bits per heavy atom. The molecule has 0 amide bonds. The van der Waals surface area contributed by atoms with Crippen LogP contribution in [-0.2, 0) is 6.42 Å². The third-order valence-electron chi connectivity index (χ3n) is 7.80. The summed E-state index contributed by atoms with van der Waals surface area (Å²) in [6.07, 6.45) is 19.4. The van der Waals surface area contributed by atoms with E-state index in [1.807, 2.05) is 0 Å². The standard InChI is InChI=1S/C32H41F2NO2/c1-2-3-4-5-6-7-8-9-10-24-11-13-25(14-12-24)15-16-26-17-20-29(31(34)21-26)32(36)37-28-19-18-27(23-35)30(33)22-28/h17-22,24-25H,2-16H2,1H3/t24-,25-. The molecule has 1 aliphatic carbocycles. The zero-order valence-corrected chi connectivity index (χ0v) is 22.2. The van der Waals surface area contributed by atoms with Gasteiger partial charge in [0.25, 0.3) is 0 Å². The number of esters is 1. The van der Waals surface area contributed by atoms with Crippen LogP contribution in [0.25, 0.3) is 0 Å². The van der Waals surface area contributed by atoms with Gasteiger partial charge < -0.3 is 4.74 Å². The smallest absolute Gasteiger partial charge is 0.346 e. The Balaban J connectivity index is 1.35. The second kappa shape index (κ2) is 15.5. The highest BCUT2D eigenvalue weighted by Crippen LogP contribution is 2.34. The Labute approximate surface area is 221 Å². The van der Waals surface area contributed by atoms with E-state index < -0.39 is 17.6 Å². The Bertz CT molecular complexity index is 1040. The molecule has 3 rings (SSSR count). The van der Waals surface area contributed by atoms with Gasteiger partial charge in [0.2, 0.25) is 0 Å². The van der Waals surface area contributed by atoms with Gasteiger partial charge in [0.1, 0.15) is 23.5 Å². The van der Waals surface area contributed by atoms with E-state index in [-0.39, 0.29) is 16.9 Å². The van der Waals surface area contributed by atoms with Crippen molar-refractivity contribution in [2.24, 2.45) is 11.8 Å². The van der Waals surface area contributed by atoms with Gasteiger partial charge in [-0.15, -0.1) is 0 Å². The molecule has 200 valence electrons. The largest absolute Gasteiger partial charge is 0.423 e. The van der Waals surface area contributed by atoms with Crippen molar-refractivity contribution in [1.82, 2.24) is 0 Å². The molecule has 1 fully saturated rings. The summed E-state index contributed by atoms with van der Waals surface area (Å²) in [6, 6.07) is 9.81. The lowest BCUT2D eigenvalue weighted by Crippen LogP contribution is -2.15. The van der Waals surface area contributed by atoms with Crippen molar-refractivity contribution >= 4 is 5.97 Å². The van der Waals surface area contributed by atoms with Crippen LogP contribution >= 0.6 is 0 Å². The molecule has 37 heavy (non-hydrogen) atoms. The zero-order chi connectivity index (χ0) is 26.5. The minimum Gasteiger partial charge on any atom is -0.423 e. The van der Waals surface area contributed by atoms with Gasteiger partial charge >= 0.3 is 5.97 Å². The minimum absolute atomic E-state index is 0.0667. The molecule has 0 radical (unpaired) electrons. The number of carbonyl (C=O) groups excluding carboxylic acids is 1. The number of halogens is 2. The quantitative estimate of drug-likeness (QED) is 0.145. The monoisotopic (exact) mass is 509 g/mol. The van der Waals surface area contributed by atoms with Gasteiger partial charge in [-0.05, 0) is 54.5 Å². The second-order valence-corrected chi connectivity index (χ2v) is 10.6. The van der Waals surface area contributed by atoms with Crippen LogP contribution in [0, 0.1) is 34.8 Å². The number of rotatable bonds is 14. The van der Waals surface area contributed by atoms with Crippen LogP contribution < -0.4 is 4.74 Å². The second-order valence-electron chi connectivity index (χ2n) is 10.6. The van der Waals surface area contributed by atoms with E-state index in [9.17, 15) is 13.6 Å². The molecule has 0 aromatic heterocycles. The summed E-state index contributed by atoms with van der Waals surface area (Å²) in [4.78, 5) is 12.4. The molecule has 2 aromatic carbocycles. The van der Waals surface area contributed by atoms with Crippen LogP contribution in [0.3, 0.4) is 0 Å². The van der Waals surface area contributed by atoms with Crippen molar-refractivity contribution in [2.75, 3.05) is 0 Å². The third kappa shape index (κ3) is 9.58. The molecule has 1 saturated carbocycles. The van der Waals surface area contributed by atoms with E-state index >= 15 is 0 Å². The highest BCUT2D eigenvalue weighted by atomic mass is 19.1. The highest BCUT2D eigenvalue weighted by Gasteiger charge is 2.21. The molecule has 0 saturated heterocycles. The number of nitriles is 1. The number of hydrogen-bond acceptors (Lipinski definition) is 3. The molecular formula is C32H41F2NO2. The van der Waals surface area contributed by atoms with E-state index in [4.69, 9.17) is 10.00 Å². The molecule has 1 aliphatic rings. The van der Waals surface area contributed by atoms with E-state index in [2.05, 4.69) is 6.92 Å². The van der Waals surface area contributed by atoms with Crippen LogP contribution in [0.15, 0.2) is 36.4 Å². The fourth-order valence-electron chi connectivity index (χ4n) is 5.44. The van der Waals surface area contributed by atoms with Crippen LogP contribution in [0.5, 0.6) is 5.75 Å². The molecule has 2 aromatic rings. The Hall–Kier alpha value is -2.74. The lowest BCUT2D eigenvalue weighted by molar-refractivity contribution is 0.0729. The van der Waals surface area contributed by atoms with Crippen LogP contribution in [-0.4, -0.2) is 5.97 Å². The first kappa shape index (κ1) is 28.8. The molecule has 0 atom stereocenters. The Kier molecular flexibility index (Phi) is 12.1. The van der Waals surface area contributed by atoms with Gasteiger partial charge in [0.05, 0.1) is 11.1 Å². The molecule has 0 spiro atoms. The maximum atomic E-state index is 14.7. The summed E-state index contributed by atoms with van der Waals surface area (Å²) < 4.78 is 33.5. The van der Waals surface area contributed by atoms with Gasteiger partial charge in [0.15, 0.2) is 0 Å². The average Bonchev–Trinajstić information content (AvgIpc) is 2.90. The van der Waals surface area contributed by atoms with Crippen molar-refractivity contribution in [3.05, 3.63) is 64.7 Å². The first-order valence-corrected chi connectivity index (χ1v) is 14.2. The first-order valence-electron chi connectivity index (χ1n) is 14.2. The molecule has 0 heterocycles. The number of ether oxygens (including phenoxy) is 1. The van der Waals surface area contributed by atoms with Gasteiger partial charge in [-0.1, -0.05) is 96.5 Å².